The van der Waals surface area contributed by atoms with Crippen molar-refractivity contribution in [3.63, 3.8) is 0 Å². The molecule has 0 bridgehead atoms. The summed E-state index contributed by atoms with van der Waals surface area (Å²) < 4.78 is 11.2. The van der Waals surface area contributed by atoms with E-state index in [0.717, 1.165) is 24.6 Å². The Kier molecular flexibility index (Phi) is 9.12. The van der Waals surface area contributed by atoms with Gasteiger partial charge in [0.05, 0.1) is 19.4 Å². The number of rotatable bonds is 5. The fraction of sp³-hybridized carbons (Fsp3) is 0.308. The highest BCUT2D eigenvalue weighted by Crippen LogP contribution is 2.26. The van der Waals surface area contributed by atoms with Crippen LogP contribution in [0.4, 0.5) is 5.69 Å². The number of amides is 1. The topological polar surface area (TPSA) is 79.1 Å². The van der Waals surface area contributed by atoms with Crippen molar-refractivity contribution in [2.45, 2.75) is 26.5 Å². The first-order valence-electron chi connectivity index (χ1n) is 11.1. The minimum Gasteiger partial charge on any atom is -0.459 e. The summed E-state index contributed by atoms with van der Waals surface area (Å²) in [6.07, 6.45) is 1.50. The van der Waals surface area contributed by atoms with E-state index in [9.17, 15) is 4.79 Å². The first kappa shape index (κ1) is 25.8. The highest BCUT2D eigenvalue weighted by molar-refractivity contribution is 14.0. The number of carbonyl (C=O) groups excluding carboxylic acids is 1. The van der Waals surface area contributed by atoms with Crippen LogP contribution in [0.3, 0.4) is 0 Å². The lowest BCUT2D eigenvalue weighted by Crippen LogP contribution is -2.48. The molecule has 0 saturated carbocycles. The highest BCUT2D eigenvalue weighted by atomic mass is 127. The molecule has 4 rings (SSSR count). The van der Waals surface area contributed by atoms with Gasteiger partial charge in [0.1, 0.15) is 6.10 Å². The Morgan fingerprint density at radius 1 is 1.15 bits per heavy atom. The third kappa shape index (κ3) is 6.38. The second-order valence-electron chi connectivity index (χ2n) is 8.20. The van der Waals surface area contributed by atoms with Gasteiger partial charge in [-0.2, -0.15) is 0 Å². The zero-order chi connectivity index (χ0) is 23.2. The maximum Gasteiger partial charge on any atom is 0.291 e. The zero-order valence-corrected chi connectivity index (χ0v) is 22.0. The third-order valence-corrected chi connectivity index (χ3v) is 5.73. The fourth-order valence-corrected chi connectivity index (χ4v) is 4.09. The molecule has 34 heavy (non-hydrogen) atoms. The number of hydrogen-bond acceptors (Lipinski definition) is 4. The Balaban J connectivity index is 0.00000324. The van der Waals surface area contributed by atoms with Gasteiger partial charge in [-0.1, -0.05) is 35.9 Å². The van der Waals surface area contributed by atoms with Crippen molar-refractivity contribution in [1.29, 1.82) is 0 Å². The van der Waals surface area contributed by atoms with Crippen LogP contribution in [0.5, 0.6) is 0 Å². The van der Waals surface area contributed by atoms with E-state index in [1.165, 1.54) is 23.0 Å². The van der Waals surface area contributed by atoms with E-state index in [-0.39, 0.29) is 41.7 Å². The Bertz CT molecular complexity index is 1130. The van der Waals surface area contributed by atoms with E-state index in [2.05, 4.69) is 52.6 Å². The summed E-state index contributed by atoms with van der Waals surface area (Å²) >= 11 is 0. The number of aliphatic imine (C=N–C) groups is 1. The Hall–Kier alpha value is -2.85. The number of nitrogens with zero attached hydrogens (tertiary/aromatic N) is 2. The molecule has 2 heterocycles. The summed E-state index contributed by atoms with van der Waals surface area (Å²) in [5.74, 6) is 0.842. The smallest absolute Gasteiger partial charge is 0.291 e. The van der Waals surface area contributed by atoms with Crippen LogP contribution in [-0.2, 0) is 11.3 Å². The van der Waals surface area contributed by atoms with Gasteiger partial charge in [0, 0.05) is 25.8 Å². The van der Waals surface area contributed by atoms with Gasteiger partial charge < -0.3 is 24.7 Å². The van der Waals surface area contributed by atoms with Gasteiger partial charge in [-0.3, -0.25) is 9.79 Å². The number of benzene rings is 2. The lowest BCUT2D eigenvalue weighted by molar-refractivity contribution is -0.00834. The molecule has 1 aromatic heterocycles. The van der Waals surface area contributed by atoms with Crippen LogP contribution < -0.4 is 10.6 Å². The van der Waals surface area contributed by atoms with Crippen LogP contribution in [0.15, 0.2) is 70.3 Å². The number of furan rings is 1. The molecule has 0 spiro atoms. The quantitative estimate of drug-likeness (QED) is 0.257. The van der Waals surface area contributed by atoms with Gasteiger partial charge >= 0.3 is 0 Å². The molecule has 1 atom stereocenters. The van der Waals surface area contributed by atoms with Gasteiger partial charge in [0.15, 0.2) is 11.7 Å². The largest absolute Gasteiger partial charge is 0.459 e. The third-order valence-electron chi connectivity index (χ3n) is 5.73. The number of hydrogen-bond donors (Lipinski definition) is 2. The van der Waals surface area contributed by atoms with Crippen LogP contribution in [0.25, 0.3) is 0 Å². The van der Waals surface area contributed by atoms with E-state index < -0.39 is 0 Å². The molecule has 0 radical (unpaired) electrons. The Morgan fingerprint density at radius 3 is 2.74 bits per heavy atom. The maximum absolute atomic E-state index is 12.2. The van der Waals surface area contributed by atoms with Crippen LogP contribution in [0.2, 0.25) is 0 Å². The molecule has 2 N–H and O–H groups in total. The number of carbonyl (C=O) groups is 1. The average Bonchev–Trinajstić information content (AvgIpc) is 3.35. The second kappa shape index (κ2) is 12.0. The number of anilines is 1. The lowest BCUT2D eigenvalue weighted by Gasteiger charge is -2.36. The number of halogens is 1. The summed E-state index contributed by atoms with van der Waals surface area (Å²) in [6, 6.07) is 17.6. The predicted molar refractivity (Wildman–Crippen MR) is 145 cm³/mol. The number of guanidine groups is 1. The van der Waals surface area contributed by atoms with E-state index in [4.69, 9.17) is 9.15 Å². The molecule has 1 unspecified atom stereocenters. The normalized spacial score (nSPS) is 16.0. The van der Waals surface area contributed by atoms with Crippen LogP contribution in [0, 0.1) is 13.8 Å². The van der Waals surface area contributed by atoms with E-state index in [1.54, 1.807) is 19.2 Å². The van der Waals surface area contributed by atoms with E-state index in [1.807, 2.05) is 24.3 Å². The summed E-state index contributed by atoms with van der Waals surface area (Å²) in [5, 5.41) is 6.31. The Labute approximate surface area is 217 Å². The summed E-state index contributed by atoms with van der Waals surface area (Å²) in [4.78, 5) is 19.0. The van der Waals surface area contributed by atoms with Gasteiger partial charge in [-0.25, -0.2) is 0 Å². The number of nitrogens with one attached hydrogen (secondary N) is 2. The lowest BCUT2D eigenvalue weighted by atomic mass is 10.00. The molecular weight excluding hydrogens is 543 g/mol. The van der Waals surface area contributed by atoms with Crippen molar-refractivity contribution in [3.05, 3.63) is 88.9 Å². The molecule has 1 saturated heterocycles. The molecule has 180 valence electrons. The molecular formula is C26H31IN4O3. The maximum atomic E-state index is 12.2. The van der Waals surface area contributed by atoms with Crippen molar-refractivity contribution < 1.29 is 13.9 Å². The summed E-state index contributed by atoms with van der Waals surface area (Å²) in [7, 11) is 1.80. The predicted octanol–water partition coefficient (Wildman–Crippen LogP) is 4.92. The van der Waals surface area contributed by atoms with E-state index in [0.29, 0.717) is 18.8 Å². The molecule has 1 aliphatic heterocycles. The van der Waals surface area contributed by atoms with Crippen molar-refractivity contribution in [1.82, 2.24) is 10.2 Å². The van der Waals surface area contributed by atoms with Crippen molar-refractivity contribution >= 4 is 41.5 Å². The van der Waals surface area contributed by atoms with Crippen LogP contribution in [0.1, 0.15) is 38.9 Å². The minimum absolute atomic E-state index is 0. The summed E-state index contributed by atoms with van der Waals surface area (Å²) in [6.45, 7) is 6.99. The highest BCUT2D eigenvalue weighted by Gasteiger charge is 2.25. The molecule has 2 aromatic carbocycles. The van der Waals surface area contributed by atoms with Gasteiger partial charge in [-0.05, 0) is 54.8 Å². The molecule has 7 nitrogen and oxygen atoms in total. The molecule has 1 amide bonds. The van der Waals surface area contributed by atoms with Crippen LogP contribution >= 0.6 is 24.0 Å². The zero-order valence-electron chi connectivity index (χ0n) is 19.7. The molecule has 0 aliphatic carbocycles. The minimum atomic E-state index is -0.272. The molecule has 8 heteroatoms. The SMILES string of the molecule is CN=C(NCc1cccc(NC(=O)c2ccco2)c1)N1CCOC(c2ccc(C)cc2C)C1.I. The monoisotopic (exact) mass is 574 g/mol. The average molecular weight is 574 g/mol. The number of morpholine rings is 1. The van der Waals surface area contributed by atoms with Gasteiger partial charge in [-0.15, -0.1) is 24.0 Å². The number of ether oxygens (including phenoxy) is 1. The Morgan fingerprint density at radius 2 is 2.00 bits per heavy atom. The number of aryl methyl sites for hydroxylation is 2. The van der Waals surface area contributed by atoms with Gasteiger partial charge in [0.2, 0.25) is 0 Å². The van der Waals surface area contributed by atoms with Crippen molar-refractivity contribution in [2.75, 3.05) is 32.1 Å². The second-order valence-corrected chi connectivity index (χ2v) is 8.20. The summed E-state index contributed by atoms with van der Waals surface area (Å²) in [5.41, 5.74) is 5.47. The molecule has 1 aliphatic rings. The van der Waals surface area contributed by atoms with Gasteiger partial charge in [0.25, 0.3) is 5.91 Å². The first-order valence-corrected chi connectivity index (χ1v) is 11.1. The van der Waals surface area contributed by atoms with Crippen molar-refractivity contribution in [2.24, 2.45) is 4.99 Å². The standard InChI is InChI=1S/C26H30N4O3.HI/c1-18-9-10-22(19(2)14-18)24-17-30(11-13-33-24)26(27-3)28-16-20-6-4-7-21(15-20)29-25(31)23-8-5-12-32-23;/h4-10,12,14-15,24H,11,13,16-17H2,1-3H3,(H,27,28)(H,29,31);1H. The van der Waals surface area contributed by atoms with E-state index >= 15 is 0 Å². The molecule has 1 fully saturated rings. The molecule has 3 aromatic rings. The van der Waals surface area contributed by atoms with Crippen molar-refractivity contribution in [3.8, 4) is 0 Å². The first-order chi connectivity index (χ1) is 16.0. The fourth-order valence-electron chi connectivity index (χ4n) is 4.09. The van der Waals surface area contributed by atoms with Crippen LogP contribution in [-0.4, -0.2) is 43.5 Å².